The number of para-hydroxylation sites is 1. The minimum atomic E-state index is -0.471. The van der Waals surface area contributed by atoms with Gasteiger partial charge in [0, 0.05) is 13.6 Å². The van der Waals surface area contributed by atoms with Gasteiger partial charge in [-0.1, -0.05) is 6.07 Å². The maximum atomic E-state index is 11.1. The molecule has 0 aliphatic rings. The third kappa shape index (κ3) is 2.88. The van der Waals surface area contributed by atoms with Gasteiger partial charge in [0.05, 0.1) is 24.0 Å². The number of nitriles is 1. The highest BCUT2D eigenvalue weighted by atomic mass is 16.6. The summed E-state index contributed by atoms with van der Waals surface area (Å²) in [7, 11) is 3.11. The van der Waals surface area contributed by atoms with Gasteiger partial charge >= 0.3 is 5.69 Å². The van der Waals surface area contributed by atoms with Crippen molar-refractivity contribution in [3.8, 4) is 11.8 Å². The van der Waals surface area contributed by atoms with Crippen molar-refractivity contribution in [2.45, 2.75) is 6.92 Å². The molecule has 0 aromatic heterocycles. The Morgan fingerprint density at radius 3 is 2.78 bits per heavy atom. The molecule has 0 N–H and O–H groups in total. The van der Waals surface area contributed by atoms with E-state index in [0.29, 0.717) is 12.2 Å². The second-order valence-electron chi connectivity index (χ2n) is 4.00. The van der Waals surface area contributed by atoms with Gasteiger partial charge in [-0.3, -0.25) is 10.1 Å². The second kappa shape index (κ2) is 5.87. The van der Waals surface area contributed by atoms with Crippen molar-refractivity contribution >= 4 is 11.4 Å². The third-order valence-corrected chi connectivity index (χ3v) is 2.56. The van der Waals surface area contributed by atoms with E-state index in [1.807, 2.05) is 0 Å². The van der Waals surface area contributed by atoms with E-state index in [1.54, 1.807) is 37.1 Å². The van der Waals surface area contributed by atoms with Crippen LogP contribution in [-0.2, 0) is 0 Å². The number of hydrogen-bond acceptors (Lipinski definition) is 5. The van der Waals surface area contributed by atoms with Gasteiger partial charge in [0.1, 0.15) is 5.69 Å². The second-order valence-corrected chi connectivity index (χ2v) is 4.00. The first kappa shape index (κ1) is 13.8. The van der Waals surface area contributed by atoms with Gasteiger partial charge < -0.3 is 9.64 Å². The molecule has 0 radical (unpaired) electrons. The van der Waals surface area contributed by atoms with Crippen LogP contribution in [-0.4, -0.2) is 25.6 Å². The summed E-state index contributed by atoms with van der Waals surface area (Å²) in [5.41, 5.74) is 0.370. The Hall–Kier alpha value is -2.29. The van der Waals surface area contributed by atoms with E-state index in [9.17, 15) is 10.1 Å². The smallest absolute Gasteiger partial charge is 0.333 e. The Morgan fingerprint density at radius 2 is 2.28 bits per heavy atom. The molecule has 0 aliphatic carbocycles. The predicted octanol–water partition coefficient (Wildman–Crippen LogP) is 2.20. The summed E-state index contributed by atoms with van der Waals surface area (Å²) < 4.78 is 5.00. The molecular weight excluding hydrogens is 234 g/mol. The van der Waals surface area contributed by atoms with Crippen LogP contribution in [0.1, 0.15) is 6.92 Å². The van der Waals surface area contributed by atoms with E-state index in [2.05, 4.69) is 6.07 Å². The van der Waals surface area contributed by atoms with Crippen LogP contribution in [0.15, 0.2) is 18.2 Å². The monoisotopic (exact) mass is 249 g/mol. The number of methoxy groups -OCH3 is 1. The first-order chi connectivity index (χ1) is 8.51. The number of rotatable bonds is 5. The van der Waals surface area contributed by atoms with Crippen LogP contribution in [0.2, 0.25) is 0 Å². The highest BCUT2D eigenvalue weighted by Crippen LogP contribution is 2.36. The fraction of sp³-hybridized carbons (Fsp3) is 0.417. The van der Waals surface area contributed by atoms with Gasteiger partial charge in [-0.2, -0.15) is 5.26 Å². The molecule has 0 aliphatic heterocycles. The minimum absolute atomic E-state index is 0.0763. The molecule has 6 heteroatoms. The molecule has 0 amide bonds. The molecular formula is C12H15N3O3. The Labute approximate surface area is 106 Å². The molecule has 0 fully saturated rings. The fourth-order valence-corrected chi connectivity index (χ4v) is 1.72. The van der Waals surface area contributed by atoms with Gasteiger partial charge in [-0.05, 0) is 19.1 Å². The molecule has 18 heavy (non-hydrogen) atoms. The van der Waals surface area contributed by atoms with Crippen LogP contribution in [0.4, 0.5) is 11.4 Å². The van der Waals surface area contributed by atoms with E-state index in [4.69, 9.17) is 10.00 Å². The van der Waals surface area contributed by atoms with Gasteiger partial charge in [-0.25, -0.2) is 0 Å². The normalized spacial score (nSPS) is 11.4. The number of ether oxygens (including phenoxy) is 1. The predicted molar refractivity (Wildman–Crippen MR) is 67.7 cm³/mol. The van der Waals surface area contributed by atoms with Crippen LogP contribution >= 0.6 is 0 Å². The molecule has 1 aromatic carbocycles. The Balaban J connectivity index is 3.16. The maximum Gasteiger partial charge on any atom is 0.333 e. The number of anilines is 1. The first-order valence-electron chi connectivity index (χ1n) is 5.43. The lowest BCUT2D eigenvalue weighted by atomic mass is 10.1. The average Bonchev–Trinajstić information content (AvgIpc) is 2.37. The number of nitrogens with zero attached hydrogens (tertiary/aromatic N) is 3. The van der Waals surface area contributed by atoms with Crippen LogP contribution in [0.25, 0.3) is 0 Å². The first-order valence-corrected chi connectivity index (χ1v) is 5.43. The SMILES string of the molecule is COc1cccc(N(C)CC(C)C#N)c1[N+](=O)[O-]. The highest BCUT2D eigenvalue weighted by molar-refractivity contribution is 5.69. The van der Waals surface area contributed by atoms with Crippen LogP contribution < -0.4 is 9.64 Å². The van der Waals surface area contributed by atoms with Crippen molar-refractivity contribution in [2.75, 3.05) is 25.6 Å². The van der Waals surface area contributed by atoms with Crippen molar-refractivity contribution in [1.82, 2.24) is 0 Å². The third-order valence-electron chi connectivity index (χ3n) is 2.56. The lowest BCUT2D eigenvalue weighted by molar-refractivity contribution is -0.385. The average molecular weight is 249 g/mol. The summed E-state index contributed by atoms with van der Waals surface area (Å²) in [5.74, 6) is 0.00904. The van der Waals surface area contributed by atoms with Crippen molar-refractivity contribution in [3.63, 3.8) is 0 Å². The molecule has 96 valence electrons. The van der Waals surface area contributed by atoms with E-state index in [1.165, 1.54) is 7.11 Å². The van der Waals surface area contributed by atoms with Crippen molar-refractivity contribution in [2.24, 2.45) is 5.92 Å². The molecule has 1 unspecified atom stereocenters. The van der Waals surface area contributed by atoms with E-state index >= 15 is 0 Å². The van der Waals surface area contributed by atoms with Crippen LogP contribution in [0, 0.1) is 27.4 Å². The molecule has 0 heterocycles. The van der Waals surface area contributed by atoms with Crippen molar-refractivity contribution in [3.05, 3.63) is 28.3 Å². The summed E-state index contributed by atoms with van der Waals surface area (Å²) in [6.45, 7) is 2.19. The van der Waals surface area contributed by atoms with Crippen molar-refractivity contribution in [1.29, 1.82) is 5.26 Å². The molecule has 0 saturated carbocycles. The highest BCUT2D eigenvalue weighted by Gasteiger charge is 2.23. The number of nitro benzene ring substituents is 1. The molecule has 1 aromatic rings. The summed E-state index contributed by atoms with van der Waals surface area (Å²) in [5, 5.41) is 19.9. The summed E-state index contributed by atoms with van der Waals surface area (Å²) >= 11 is 0. The fourth-order valence-electron chi connectivity index (χ4n) is 1.72. The zero-order valence-corrected chi connectivity index (χ0v) is 10.6. The number of nitro groups is 1. The van der Waals surface area contributed by atoms with E-state index in [-0.39, 0.29) is 17.4 Å². The lowest BCUT2D eigenvalue weighted by Crippen LogP contribution is -2.24. The van der Waals surface area contributed by atoms with Gasteiger partial charge in [0.25, 0.3) is 0 Å². The summed E-state index contributed by atoms with van der Waals surface area (Å²) in [6, 6.07) is 6.98. The topological polar surface area (TPSA) is 79.4 Å². The number of hydrogen-bond donors (Lipinski definition) is 0. The Kier molecular flexibility index (Phi) is 4.49. The maximum absolute atomic E-state index is 11.1. The molecule has 0 bridgehead atoms. The number of benzene rings is 1. The lowest BCUT2D eigenvalue weighted by Gasteiger charge is -2.20. The molecule has 1 atom stereocenters. The van der Waals surface area contributed by atoms with Crippen LogP contribution in [0.3, 0.4) is 0 Å². The summed E-state index contributed by atoms with van der Waals surface area (Å²) in [6.07, 6.45) is 0. The zero-order valence-electron chi connectivity index (χ0n) is 10.6. The molecule has 0 spiro atoms. The molecule has 1 rings (SSSR count). The Morgan fingerprint density at radius 1 is 1.61 bits per heavy atom. The van der Waals surface area contributed by atoms with Crippen molar-refractivity contribution < 1.29 is 9.66 Å². The molecule has 6 nitrogen and oxygen atoms in total. The zero-order chi connectivity index (χ0) is 13.7. The quantitative estimate of drug-likeness (QED) is 0.590. The van der Waals surface area contributed by atoms with Crippen LogP contribution in [0.5, 0.6) is 5.75 Å². The van der Waals surface area contributed by atoms with Gasteiger partial charge in [0.15, 0.2) is 5.75 Å². The van der Waals surface area contributed by atoms with E-state index < -0.39 is 4.92 Å². The minimum Gasteiger partial charge on any atom is -0.490 e. The van der Waals surface area contributed by atoms with Gasteiger partial charge in [-0.15, -0.1) is 0 Å². The standard InChI is InChI=1S/C12H15N3O3/c1-9(7-13)8-14(2)10-5-4-6-11(18-3)12(10)15(16)17/h4-6,9H,8H2,1-3H3. The van der Waals surface area contributed by atoms with E-state index in [0.717, 1.165) is 0 Å². The summed E-state index contributed by atoms with van der Waals surface area (Å²) in [4.78, 5) is 12.3. The molecule has 0 saturated heterocycles. The largest absolute Gasteiger partial charge is 0.490 e. The Bertz CT molecular complexity index is 482. The van der Waals surface area contributed by atoms with Gasteiger partial charge in [0.2, 0.25) is 0 Å².